The number of hydrogen-bond acceptors (Lipinski definition) is 9. The lowest BCUT2D eigenvalue weighted by atomic mass is 10.0. The third-order valence-corrected chi connectivity index (χ3v) is 8.23. The highest BCUT2D eigenvalue weighted by Crippen LogP contribution is 2.32. The largest absolute Gasteiger partial charge is 0.490 e. The number of carboxylic acids is 1. The molecule has 15 nitrogen and oxygen atoms in total. The first-order chi connectivity index (χ1) is 23.2. The summed E-state index contributed by atoms with van der Waals surface area (Å²) in [7, 11) is 1.88. The summed E-state index contributed by atoms with van der Waals surface area (Å²) >= 11 is 0. The first kappa shape index (κ1) is 33.4. The highest BCUT2D eigenvalue weighted by molar-refractivity contribution is 6.13. The first-order valence-electron chi connectivity index (χ1n) is 15.5. The van der Waals surface area contributed by atoms with Crippen molar-refractivity contribution in [2.24, 2.45) is 12.8 Å². The second-order valence-electron chi connectivity index (χ2n) is 12.1. The van der Waals surface area contributed by atoms with Gasteiger partial charge < -0.3 is 35.3 Å². The number of anilines is 2. The van der Waals surface area contributed by atoms with E-state index in [4.69, 9.17) is 15.6 Å². The van der Waals surface area contributed by atoms with Crippen molar-refractivity contribution < 1.29 is 32.7 Å². The van der Waals surface area contributed by atoms with E-state index in [0.717, 1.165) is 48.7 Å². The molecule has 7 rings (SSSR count). The minimum atomic E-state index is -5.08. The Kier molecular flexibility index (Phi) is 8.98. The van der Waals surface area contributed by atoms with Crippen LogP contribution in [0.25, 0.3) is 16.6 Å². The van der Waals surface area contributed by atoms with Gasteiger partial charge in [0.2, 0.25) is 0 Å². The molecule has 0 unspecified atom stereocenters. The molecule has 0 atom stereocenters. The van der Waals surface area contributed by atoms with Crippen LogP contribution in [-0.2, 0) is 18.4 Å². The van der Waals surface area contributed by atoms with E-state index in [-0.39, 0.29) is 11.6 Å². The van der Waals surface area contributed by atoms with E-state index in [0.29, 0.717) is 40.8 Å². The van der Waals surface area contributed by atoms with Gasteiger partial charge in [0, 0.05) is 61.9 Å². The first-order valence-corrected chi connectivity index (χ1v) is 15.5. The number of aliphatic carboxylic acids is 1. The molecular formula is C31H34F3N11O4. The molecule has 5 N–H and O–H groups in total. The molecule has 0 radical (unpaired) electrons. The average molecular weight is 682 g/mol. The zero-order chi connectivity index (χ0) is 35.0. The summed E-state index contributed by atoms with van der Waals surface area (Å²) in [4.78, 5) is 49.6. The SMILES string of the molecule is Cc1cn2cc(NC(=O)c3ccc(N4CCC(NC5CC5)CC4)c4cn(C)nc34)nc2c(Cn2cnc(C(N)=O)c2)n1.O=C(O)C(F)(F)F. The number of aryl methyl sites for hydroxylation is 2. The van der Waals surface area contributed by atoms with Gasteiger partial charge in [-0.05, 0) is 44.7 Å². The number of aromatic nitrogens is 7. The van der Waals surface area contributed by atoms with Gasteiger partial charge in [-0.1, -0.05) is 0 Å². The Morgan fingerprint density at radius 1 is 1.02 bits per heavy atom. The molecule has 0 spiro atoms. The zero-order valence-corrected chi connectivity index (χ0v) is 26.6. The van der Waals surface area contributed by atoms with Crippen molar-refractivity contribution >= 4 is 45.8 Å². The Morgan fingerprint density at radius 3 is 2.35 bits per heavy atom. The number of carbonyl (C=O) groups is 3. The topological polar surface area (TPSA) is 191 Å². The normalized spacial score (nSPS) is 15.3. The number of hydrogen-bond donors (Lipinski definition) is 4. The zero-order valence-electron chi connectivity index (χ0n) is 26.6. The van der Waals surface area contributed by atoms with E-state index in [1.54, 1.807) is 21.6 Å². The second-order valence-corrected chi connectivity index (χ2v) is 12.1. The highest BCUT2D eigenvalue weighted by atomic mass is 19.4. The number of nitrogens with one attached hydrogen (secondary N) is 2. The fourth-order valence-corrected chi connectivity index (χ4v) is 5.83. The van der Waals surface area contributed by atoms with Gasteiger partial charge in [-0.25, -0.2) is 14.8 Å². The number of rotatable bonds is 8. The maximum Gasteiger partial charge on any atom is 0.490 e. The summed E-state index contributed by atoms with van der Waals surface area (Å²) < 4.78 is 37.1. The van der Waals surface area contributed by atoms with Gasteiger partial charge in [-0.3, -0.25) is 19.3 Å². The van der Waals surface area contributed by atoms with Gasteiger partial charge in [0.05, 0.1) is 30.3 Å². The number of fused-ring (bicyclic) bond motifs is 2. The van der Waals surface area contributed by atoms with E-state index in [9.17, 15) is 22.8 Å². The van der Waals surface area contributed by atoms with E-state index < -0.39 is 18.1 Å². The van der Waals surface area contributed by atoms with Gasteiger partial charge >= 0.3 is 12.1 Å². The number of imidazole rings is 2. The molecule has 1 saturated heterocycles. The molecule has 1 aromatic carbocycles. The molecule has 5 aromatic rings. The number of alkyl halides is 3. The molecule has 2 amide bonds. The Balaban J connectivity index is 0.000000540. The number of nitrogens with two attached hydrogens (primary N) is 1. The Labute approximate surface area is 276 Å². The molecular weight excluding hydrogens is 647 g/mol. The Bertz CT molecular complexity index is 2040. The van der Waals surface area contributed by atoms with Gasteiger partial charge in [0.1, 0.15) is 16.9 Å². The summed E-state index contributed by atoms with van der Waals surface area (Å²) in [5.74, 6) is -3.24. The Morgan fingerprint density at radius 2 is 1.71 bits per heavy atom. The van der Waals surface area contributed by atoms with Crippen LogP contribution in [0.1, 0.15) is 57.9 Å². The fraction of sp³-hybridized carbons (Fsp3) is 0.387. The Hall–Kier alpha value is -5.52. The number of amides is 2. The maximum absolute atomic E-state index is 13.6. The van der Waals surface area contributed by atoms with E-state index in [2.05, 4.69) is 35.6 Å². The van der Waals surface area contributed by atoms with Gasteiger partial charge in [0.15, 0.2) is 11.5 Å². The molecule has 2 fully saturated rings. The van der Waals surface area contributed by atoms with Crippen molar-refractivity contribution in [2.45, 2.75) is 57.4 Å². The summed E-state index contributed by atoms with van der Waals surface area (Å²) in [6, 6.07) is 5.20. The molecule has 49 heavy (non-hydrogen) atoms. The predicted octanol–water partition coefficient (Wildman–Crippen LogP) is 2.87. The molecule has 5 heterocycles. The lowest BCUT2D eigenvalue weighted by Gasteiger charge is -2.34. The third-order valence-electron chi connectivity index (χ3n) is 8.23. The summed E-state index contributed by atoms with van der Waals surface area (Å²) in [6.45, 7) is 4.16. The van der Waals surface area contributed by atoms with Crippen molar-refractivity contribution in [1.29, 1.82) is 0 Å². The van der Waals surface area contributed by atoms with Crippen LogP contribution in [0.2, 0.25) is 0 Å². The van der Waals surface area contributed by atoms with Crippen LogP contribution in [0.4, 0.5) is 24.7 Å². The molecule has 0 bridgehead atoms. The average Bonchev–Trinajstić information content (AvgIpc) is 3.37. The number of carbonyl (C=O) groups excluding carboxylic acids is 2. The lowest BCUT2D eigenvalue weighted by Crippen LogP contribution is -2.43. The van der Waals surface area contributed by atoms with Crippen molar-refractivity contribution in [1.82, 2.24) is 39.0 Å². The van der Waals surface area contributed by atoms with Crippen LogP contribution in [0.3, 0.4) is 0 Å². The van der Waals surface area contributed by atoms with Gasteiger partial charge in [-0.15, -0.1) is 0 Å². The van der Waals surface area contributed by atoms with Crippen molar-refractivity contribution in [3.05, 3.63) is 65.9 Å². The third kappa shape index (κ3) is 7.64. The molecule has 1 saturated carbocycles. The minimum absolute atomic E-state index is 0.178. The van der Waals surface area contributed by atoms with Crippen LogP contribution in [0.15, 0.2) is 43.2 Å². The van der Waals surface area contributed by atoms with Crippen molar-refractivity contribution in [3.63, 3.8) is 0 Å². The number of halogens is 3. The van der Waals surface area contributed by atoms with Crippen molar-refractivity contribution in [2.75, 3.05) is 23.3 Å². The standard InChI is InChI=1S/C29H33N11O2.C2HF3O2/c1-17-11-40-15-25(34-28(40)23(32-17)14-38-13-22(27(30)41)31-16-38)35-29(42)20-5-6-24(21-12-37(2)36-26(20)21)39-9-7-19(8-10-39)33-18-3-4-18;3-2(4,5)1(6)7/h5-6,11-13,15-16,18-19,33H,3-4,7-10,14H2,1-2H3,(H2,30,41)(H,35,42);(H,6,7). The monoisotopic (exact) mass is 681 g/mol. The van der Waals surface area contributed by atoms with Crippen LogP contribution >= 0.6 is 0 Å². The van der Waals surface area contributed by atoms with Crippen LogP contribution in [0.5, 0.6) is 0 Å². The number of piperidine rings is 1. The quantitative estimate of drug-likeness (QED) is 0.189. The number of primary amides is 1. The highest BCUT2D eigenvalue weighted by Gasteiger charge is 2.38. The lowest BCUT2D eigenvalue weighted by molar-refractivity contribution is -0.192. The molecule has 4 aromatic heterocycles. The molecule has 18 heteroatoms. The second kappa shape index (κ2) is 13.2. The molecule has 258 valence electrons. The van der Waals surface area contributed by atoms with Crippen LogP contribution in [-0.4, -0.2) is 87.9 Å². The predicted molar refractivity (Wildman–Crippen MR) is 171 cm³/mol. The number of carboxylic acid groups (broad SMARTS) is 1. The summed E-state index contributed by atoms with van der Waals surface area (Å²) in [5, 5.41) is 19.5. The smallest absolute Gasteiger partial charge is 0.475 e. The summed E-state index contributed by atoms with van der Waals surface area (Å²) in [5.41, 5.74) is 9.81. The fourth-order valence-electron chi connectivity index (χ4n) is 5.83. The van der Waals surface area contributed by atoms with E-state index in [1.807, 2.05) is 42.9 Å². The molecule has 2 aliphatic rings. The molecule has 1 aliphatic heterocycles. The summed E-state index contributed by atoms with van der Waals surface area (Å²) in [6.07, 6.45) is 8.44. The van der Waals surface area contributed by atoms with Gasteiger partial charge in [0.25, 0.3) is 11.8 Å². The maximum atomic E-state index is 13.6. The number of benzene rings is 1. The molecule has 1 aliphatic carbocycles. The van der Waals surface area contributed by atoms with Crippen LogP contribution in [0, 0.1) is 6.92 Å². The van der Waals surface area contributed by atoms with E-state index in [1.165, 1.54) is 19.2 Å². The van der Waals surface area contributed by atoms with Gasteiger partial charge in [-0.2, -0.15) is 18.3 Å². The van der Waals surface area contributed by atoms with E-state index >= 15 is 0 Å². The van der Waals surface area contributed by atoms with Crippen molar-refractivity contribution in [3.8, 4) is 0 Å². The minimum Gasteiger partial charge on any atom is -0.475 e. The number of nitrogens with zero attached hydrogens (tertiary/aromatic N) is 8. The van der Waals surface area contributed by atoms with Crippen LogP contribution < -0.4 is 21.3 Å².